The molecule has 1 aliphatic rings. The number of aliphatic hydroxyl groups excluding tert-OH is 2. The van der Waals surface area contributed by atoms with Crippen LogP contribution in [0.3, 0.4) is 0 Å². The molecule has 0 aliphatic carbocycles. The Morgan fingerprint density at radius 2 is 1.81 bits per heavy atom. The number of phosphoric ester groups is 1. The van der Waals surface area contributed by atoms with Crippen molar-refractivity contribution in [2.45, 2.75) is 30.8 Å². The number of rotatable bonds is 8. The van der Waals surface area contributed by atoms with Gasteiger partial charge in [0.15, 0.2) is 5.82 Å². The van der Waals surface area contributed by atoms with Gasteiger partial charge in [0.05, 0.1) is 12.3 Å². The minimum absolute atomic E-state index is 0.134. The molecular formula is C12H19N4O13P3. The lowest BCUT2D eigenvalue weighted by Gasteiger charge is -2.28. The van der Waals surface area contributed by atoms with Gasteiger partial charge in [-0.3, -0.25) is 4.52 Å². The van der Waals surface area contributed by atoms with Crippen LogP contribution in [0.5, 0.6) is 0 Å². The molecule has 2 aromatic rings. The van der Waals surface area contributed by atoms with Crippen molar-refractivity contribution < 1.29 is 61.4 Å². The molecule has 1 aliphatic heterocycles. The molecule has 8 N–H and O–H groups in total. The second-order valence-corrected chi connectivity index (χ2v) is 11.3. The highest BCUT2D eigenvalue weighted by Gasteiger charge is 2.54. The number of aromatic nitrogens is 3. The summed E-state index contributed by atoms with van der Waals surface area (Å²) in [4.78, 5) is 39.7. The van der Waals surface area contributed by atoms with Gasteiger partial charge in [0, 0.05) is 0 Å². The van der Waals surface area contributed by atoms with Gasteiger partial charge in [-0.25, -0.2) is 23.2 Å². The summed E-state index contributed by atoms with van der Waals surface area (Å²) in [6, 6.07) is 3.03. The van der Waals surface area contributed by atoms with Gasteiger partial charge in [-0.15, -0.1) is 0 Å². The molecule has 0 aromatic carbocycles. The van der Waals surface area contributed by atoms with E-state index in [9.17, 15) is 33.7 Å². The van der Waals surface area contributed by atoms with Crippen LogP contribution >= 0.6 is 23.5 Å². The second-order valence-electron chi connectivity index (χ2n) is 6.85. The zero-order valence-electron chi connectivity index (χ0n) is 16.0. The van der Waals surface area contributed by atoms with E-state index in [1.165, 1.54) is 23.6 Å². The summed E-state index contributed by atoms with van der Waals surface area (Å²) >= 11 is 0. The van der Waals surface area contributed by atoms with Crippen molar-refractivity contribution in [3.63, 3.8) is 0 Å². The van der Waals surface area contributed by atoms with E-state index in [-0.39, 0.29) is 11.5 Å². The van der Waals surface area contributed by atoms with Crippen molar-refractivity contribution >= 4 is 34.8 Å². The van der Waals surface area contributed by atoms with Gasteiger partial charge in [0.2, 0.25) is 0 Å². The molecule has 6 atom stereocenters. The minimum atomic E-state index is -5.71. The monoisotopic (exact) mass is 520 g/mol. The summed E-state index contributed by atoms with van der Waals surface area (Å²) < 4.78 is 52.7. The van der Waals surface area contributed by atoms with E-state index in [0.29, 0.717) is 5.52 Å². The number of hydrogen-bond donors (Lipinski definition) is 7. The molecule has 0 bridgehead atoms. The van der Waals surface area contributed by atoms with E-state index in [1.54, 1.807) is 0 Å². The predicted molar refractivity (Wildman–Crippen MR) is 101 cm³/mol. The van der Waals surface area contributed by atoms with Crippen molar-refractivity contribution in [2.24, 2.45) is 0 Å². The number of phosphoric acid groups is 3. The summed E-state index contributed by atoms with van der Waals surface area (Å²) in [7, 11) is -16.7. The molecule has 32 heavy (non-hydrogen) atoms. The smallest absolute Gasteiger partial charge is 0.387 e. The molecule has 17 nitrogen and oxygen atoms in total. The van der Waals surface area contributed by atoms with Crippen LogP contribution in [-0.2, 0) is 31.6 Å². The Morgan fingerprint density at radius 1 is 1.16 bits per heavy atom. The van der Waals surface area contributed by atoms with Crippen LogP contribution in [0, 0.1) is 0 Å². The van der Waals surface area contributed by atoms with Gasteiger partial charge in [0.25, 0.3) is 0 Å². The van der Waals surface area contributed by atoms with Gasteiger partial charge in [-0.05, 0) is 19.1 Å². The molecule has 0 spiro atoms. The lowest BCUT2D eigenvalue weighted by molar-refractivity contribution is -0.0983. The first-order chi connectivity index (χ1) is 14.5. The van der Waals surface area contributed by atoms with Crippen LogP contribution in [0.2, 0.25) is 0 Å². The number of nitrogens with two attached hydrogens (primary N) is 1. The first-order valence-electron chi connectivity index (χ1n) is 8.44. The molecule has 0 radical (unpaired) electrons. The molecule has 20 heteroatoms. The van der Waals surface area contributed by atoms with E-state index in [0.717, 1.165) is 6.33 Å². The third kappa shape index (κ3) is 5.43. The number of ether oxygens (including phenoxy) is 1. The summed E-state index contributed by atoms with van der Waals surface area (Å²) in [5.41, 5.74) is 4.54. The number of nitrogens with zero attached hydrogens (tertiary/aromatic N) is 3. The fourth-order valence-electron chi connectivity index (χ4n) is 3.01. The quantitative estimate of drug-likeness (QED) is 0.210. The van der Waals surface area contributed by atoms with E-state index < -0.39 is 54.0 Å². The second kappa shape index (κ2) is 8.49. The maximum Gasteiger partial charge on any atom is 0.490 e. The zero-order valence-corrected chi connectivity index (χ0v) is 18.7. The molecule has 2 unspecified atom stereocenters. The minimum Gasteiger partial charge on any atom is -0.387 e. The molecule has 2 aromatic heterocycles. The third-order valence-corrected chi connectivity index (χ3v) is 8.17. The highest BCUT2D eigenvalue weighted by Crippen LogP contribution is 2.66. The fraction of sp³-hybridized carbons (Fsp3) is 0.500. The van der Waals surface area contributed by atoms with E-state index >= 15 is 0 Å². The lowest BCUT2D eigenvalue weighted by Crippen LogP contribution is -2.44. The SMILES string of the molecule is C[C@]1(COP(=O)(O)OP(=O)(O)OP(=O)(O)O)O[C@@H](c2ccc3c(N)ncnn23)[C@H](O)[C@@H]1O. The molecule has 1 fully saturated rings. The number of fused-ring (bicyclic) bond motifs is 1. The molecule has 0 amide bonds. The topological polar surface area (TPSA) is 266 Å². The fourth-order valence-corrected chi connectivity index (χ4v) is 6.13. The van der Waals surface area contributed by atoms with Crippen LogP contribution in [0.4, 0.5) is 5.82 Å². The van der Waals surface area contributed by atoms with Crippen LogP contribution in [0.1, 0.15) is 18.7 Å². The van der Waals surface area contributed by atoms with E-state index in [2.05, 4.69) is 23.2 Å². The van der Waals surface area contributed by atoms with Gasteiger partial charge in [0.1, 0.15) is 35.8 Å². The first kappa shape index (κ1) is 25.3. The number of anilines is 1. The van der Waals surface area contributed by atoms with Crippen LogP contribution in [-0.4, -0.2) is 68.8 Å². The van der Waals surface area contributed by atoms with Crippen molar-refractivity contribution in [3.8, 4) is 0 Å². The highest BCUT2D eigenvalue weighted by atomic mass is 31.3. The van der Waals surface area contributed by atoms with Crippen molar-refractivity contribution in [3.05, 3.63) is 24.2 Å². The maximum atomic E-state index is 11.9. The average molecular weight is 520 g/mol. The normalized spacial score (nSPS) is 30.3. The summed E-state index contributed by atoms with van der Waals surface area (Å²) in [6.07, 6.45) is -3.32. The molecule has 180 valence electrons. The Kier molecular flexibility index (Phi) is 6.72. The van der Waals surface area contributed by atoms with Crippen LogP contribution < -0.4 is 5.73 Å². The highest BCUT2D eigenvalue weighted by molar-refractivity contribution is 7.66. The number of nitrogen functional groups attached to an aromatic ring is 1. The summed E-state index contributed by atoms with van der Waals surface area (Å²) in [5.74, 6) is 0.134. The van der Waals surface area contributed by atoms with Crippen LogP contribution in [0.15, 0.2) is 18.5 Å². The van der Waals surface area contributed by atoms with Crippen LogP contribution in [0.25, 0.3) is 5.52 Å². The van der Waals surface area contributed by atoms with Gasteiger partial charge < -0.3 is 40.3 Å². The Hall–Kier alpha value is -1.29. The summed E-state index contributed by atoms with van der Waals surface area (Å²) in [6.45, 7) is 0.233. The Morgan fingerprint density at radius 3 is 2.44 bits per heavy atom. The van der Waals surface area contributed by atoms with E-state index in [1.807, 2.05) is 0 Å². The molecule has 0 saturated carbocycles. The first-order valence-corrected chi connectivity index (χ1v) is 13.0. The molecule has 3 heterocycles. The summed E-state index contributed by atoms with van der Waals surface area (Å²) in [5, 5.41) is 24.9. The Labute approximate surface area is 178 Å². The zero-order chi connectivity index (χ0) is 24.1. The lowest BCUT2D eigenvalue weighted by atomic mass is 9.97. The number of aliphatic hydroxyl groups is 2. The van der Waals surface area contributed by atoms with Gasteiger partial charge in [-0.2, -0.15) is 13.7 Å². The Balaban J connectivity index is 1.76. The standard InChI is InChI=1S/C12H19N4O13P3/c1-12(4-26-31(22,23)29-32(24,25)28-30(19,20)21)10(18)8(17)9(27-12)6-2-3-7-11(13)14-5-15-16(6)7/h2-3,5,8-10,17-18H,4H2,1H3,(H,22,23)(H,24,25)(H2,13,14,15)(H2,19,20,21)/t8-,9-,10-,12+/m0/s1. The predicted octanol–water partition coefficient (Wildman–Crippen LogP) is -0.793. The molecule has 3 rings (SSSR count). The van der Waals surface area contributed by atoms with E-state index in [4.69, 9.17) is 20.3 Å². The molecular weight excluding hydrogens is 501 g/mol. The third-order valence-electron chi connectivity index (χ3n) is 4.39. The molecule has 1 saturated heterocycles. The maximum absolute atomic E-state index is 11.9. The average Bonchev–Trinajstić information content (AvgIpc) is 3.14. The Bertz CT molecular complexity index is 1150. The van der Waals surface area contributed by atoms with Crippen molar-refractivity contribution in [1.29, 1.82) is 0 Å². The van der Waals surface area contributed by atoms with Gasteiger partial charge in [-0.1, -0.05) is 0 Å². The number of hydrogen-bond acceptors (Lipinski definition) is 12. The van der Waals surface area contributed by atoms with Crippen molar-refractivity contribution in [1.82, 2.24) is 14.6 Å². The largest absolute Gasteiger partial charge is 0.490 e. The van der Waals surface area contributed by atoms with Gasteiger partial charge >= 0.3 is 23.5 Å². The van der Waals surface area contributed by atoms with Crippen molar-refractivity contribution in [2.75, 3.05) is 12.3 Å².